The van der Waals surface area contributed by atoms with Gasteiger partial charge in [-0.3, -0.25) is 9.59 Å². The zero-order valence-electron chi connectivity index (χ0n) is 24.2. The number of fused-ring (bicyclic) bond motifs is 2. The molecule has 6 rings (SSSR count). The zero-order chi connectivity index (χ0) is 31.4. The number of methoxy groups -OCH3 is 1. The number of likely N-dealkylation sites (tertiary alicyclic amines) is 1. The molecule has 0 bridgehead atoms. The van der Waals surface area contributed by atoms with E-state index in [0.29, 0.717) is 6.20 Å². The minimum Gasteiger partial charge on any atom is -0.495 e. The van der Waals surface area contributed by atoms with Gasteiger partial charge in [0.15, 0.2) is 0 Å². The third kappa shape index (κ3) is 5.38. The van der Waals surface area contributed by atoms with Crippen LogP contribution in [0.4, 0.5) is 24.8 Å². The van der Waals surface area contributed by atoms with E-state index in [1.54, 1.807) is 24.1 Å². The lowest BCUT2D eigenvalue weighted by Crippen LogP contribution is -2.43. The number of amides is 2. The van der Waals surface area contributed by atoms with Gasteiger partial charge in [0.1, 0.15) is 17.1 Å². The molecule has 1 saturated heterocycles. The van der Waals surface area contributed by atoms with Crippen molar-refractivity contribution in [1.82, 2.24) is 25.1 Å². The summed E-state index contributed by atoms with van der Waals surface area (Å²) in [6.45, 7) is 1.73. The number of hydrogen-bond donors (Lipinski definition) is 2. The number of nitrogens with one attached hydrogen (secondary N) is 2. The largest absolute Gasteiger partial charge is 0.495 e. The standard InChI is InChI=1S/C30H30ClF3N6O4/c1-39-11-7-16(8-12-39)36-25(41)17-13-23(43-3)21(14-20(17)31)37-28-35-15-19(30(32,33)34)26(38-28)44-22-6-4-5-18-24(22)27(42)40(2)29(18)9-10-29/h4-6,13-16H,7-12H2,1-3H3,(H,36,41)(H,35,37,38). The van der Waals surface area contributed by atoms with Gasteiger partial charge in [0.05, 0.1) is 34.5 Å². The smallest absolute Gasteiger partial charge is 0.423 e. The third-order valence-electron chi connectivity index (χ3n) is 8.51. The second-order valence-corrected chi connectivity index (χ2v) is 11.7. The molecule has 1 aromatic heterocycles. The highest BCUT2D eigenvalue weighted by Gasteiger charge is 2.57. The van der Waals surface area contributed by atoms with Crippen LogP contribution in [0.1, 0.15) is 57.5 Å². The predicted octanol–water partition coefficient (Wildman–Crippen LogP) is 5.59. The van der Waals surface area contributed by atoms with Crippen molar-refractivity contribution in [3.8, 4) is 17.4 Å². The average Bonchev–Trinajstić information content (AvgIpc) is 3.76. The Morgan fingerprint density at radius 3 is 2.52 bits per heavy atom. The first-order valence-electron chi connectivity index (χ1n) is 14.1. The minimum absolute atomic E-state index is 0.00822. The van der Waals surface area contributed by atoms with Crippen molar-refractivity contribution in [2.24, 2.45) is 0 Å². The Kier molecular flexibility index (Phi) is 7.57. The molecule has 3 heterocycles. The molecule has 1 spiro atoms. The number of benzene rings is 2. The van der Waals surface area contributed by atoms with Crippen LogP contribution in [0.25, 0.3) is 0 Å². The lowest BCUT2D eigenvalue weighted by molar-refractivity contribution is -0.139. The fourth-order valence-corrected chi connectivity index (χ4v) is 6.07. The van der Waals surface area contributed by atoms with E-state index < -0.39 is 23.2 Å². The summed E-state index contributed by atoms with van der Waals surface area (Å²) < 4.78 is 53.2. The van der Waals surface area contributed by atoms with Crippen LogP contribution >= 0.6 is 11.6 Å². The maximum atomic E-state index is 14.0. The van der Waals surface area contributed by atoms with Gasteiger partial charge >= 0.3 is 6.18 Å². The van der Waals surface area contributed by atoms with Gasteiger partial charge in [-0.15, -0.1) is 0 Å². The van der Waals surface area contributed by atoms with E-state index in [0.717, 1.165) is 44.3 Å². The van der Waals surface area contributed by atoms with E-state index in [1.165, 1.54) is 25.3 Å². The second kappa shape index (κ2) is 11.1. The molecule has 1 aliphatic carbocycles. The van der Waals surface area contributed by atoms with Crippen LogP contribution in [0.2, 0.25) is 5.02 Å². The lowest BCUT2D eigenvalue weighted by Gasteiger charge is -2.29. The number of hydrogen-bond acceptors (Lipinski definition) is 8. The number of aromatic nitrogens is 2. The number of nitrogens with zero attached hydrogens (tertiary/aromatic N) is 4. The van der Waals surface area contributed by atoms with Gasteiger partial charge in [0.2, 0.25) is 11.8 Å². The van der Waals surface area contributed by atoms with Crippen molar-refractivity contribution in [1.29, 1.82) is 0 Å². The molecule has 3 aromatic rings. The Balaban J connectivity index is 1.29. The lowest BCUT2D eigenvalue weighted by atomic mass is 10.0. The molecule has 232 valence electrons. The molecule has 2 aromatic carbocycles. The van der Waals surface area contributed by atoms with Gasteiger partial charge in [0, 0.05) is 19.3 Å². The summed E-state index contributed by atoms with van der Waals surface area (Å²) in [5.41, 5.74) is -0.313. The number of rotatable bonds is 7. The Morgan fingerprint density at radius 2 is 1.86 bits per heavy atom. The summed E-state index contributed by atoms with van der Waals surface area (Å²) in [7, 11) is 5.08. The topological polar surface area (TPSA) is 109 Å². The quantitative estimate of drug-likeness (QED) is 0.348. The van der Waals surface area contributed by atoms with E-state index >= 15 is 0 Å². The average molecular weight is 631 g/mol. The number of carbonyl (C=O) groups excluding carboxylic acids is 2. The van der Waals surface area contributed by atoms with Crippen molar-refractivity contribution >= 4 is 35.1 Å². The van der Waals surface area contributed by atoms with Gasteiger partial charge in [0.25, 0.3) is 11.8 Å². The maximum absolute atomic E-state index is 14.0. The van der Waals surface area contributed by atoms with Crippen LogP contribution in [0.3, 0.4) is 0 Å². The first kappa shape index (κ1) is 29.9. The fraction of sp³-hybridized carbons (Fsp3) is 0.400. The summed E-state index contributed by atoms with van der Waals surface area (Å²) in [6.07, 6.45) is -1.09. The first-order valence-corrected chi connectivity index (χ1v) is 14.5. The van der Waals surface area contributed by atoms with Crippen LogP contribution in [-0.4, -0.2) is 71.9 Å². The Morgan fingerprint density at radius 1 is 1.14 bits per heavy atom. The number of anilines is 2. The molecule has 44 heavy (non-hydrogen) atoms. The highest BCUT2D eigenvalue weighted by molar-refractivity contribution is 6.34. The minimum atomic E-state index is -4.84. The molecular formula is C30H30ClF3N6O4. The van der Waals surface area contributed by atoms with Gasteiger partial charge in [-0.25, -0.2) is 4.98 Å². The molecule has 2 aliphatic heterocycles. The molecule has 2 fully saturated rings. The van der Waals surface area contributed by atoms with Gasteiger partial charge in [-0.1, -0.05) is 23.7 Å². The number of alkyl halides is 3. The zero-order valence-corrected chi connectivity index (χ0v) is 25.0. The molecule has 0 unspecified atom stereocenters. The molecular weight excluding hydrogens is 601 g/mol. The van der Waals surface area contributed by atoms with Crippen molar-refractivity contribution in [2.75, 3.05) is 39.6 Å². The van der Waals surface area contributed by atoms with Gasteiger partial charge in [-0.2, -0.15) is 18.2 Å². The normalized spacial score (nSPS) is 17.9. The van der Waals surface area contributed by atoms with Crippen LogP contribution in [0.15, 0.2) is 36.5 Å². The van der Waals surface area contributed by atoms with Crippen molar-refractivity contribution < 1.29 is 32.2 Å². The third-order valence-corrected chi connectivity index (χ3v) is 8.82. The number of piperidine rings is 1. The molecule has 2 amide bonds. The Hall–Kier alpha value is -4.10. The van der Waals surface area contributed by atoms with E-state index in [4.69, 9.17) is 21.1 Å². The Labute approximate surface area is 256 Å². The van der Waals surface area contributed by atoms with E-state index in [2.05, 4.69) is 25.5 Å². The van der Waals surface area contributed by atoms with Crippen LogP contribution in [0.5, 0.6) is 17.4 Å². The van der Waals surface area contributed by atoms with E-state index in [9.17, 15) is 22.8 Å². The molecule has 0 atom stereocenters. The van der Waals surface area contributed by atoms with Crippen LogP contribution in [0, 0.1) is 0 Å². The second-order valence-electron chi connectivity index (χ2n) is 11.3. The molecule has 14 heteroatoms. The van der Waals surface area contributed by atoms with Crippen LogP contribution in [-0.2, 0) is 11.7 Å². The summed E-state index contributed by atoms with van der Waals surface area (Å²) in [5.74, 6) is -1.56. The highest BCUT2D eigenvalue weighted by Crippen LogP contribution is 2.57. The SMILES string of the molecule is COc1cc(C(=O)NC2CCN(C)CC2)c(Cl)cc1Nc1ncc(C(F)(F)F)c(Oc2cccc3c2C(=O)N(C)C32CC2)n1. The molecule has 10 nitrogen and oxygen atoms in total. The van der Waals surface area contributed by atoms with Crippen molar-refractivity contribution in [3.05, 3.63) is 63.8 Å². The van der Waals surface area contributed by atoms with E-state index in [-0.39, 0.29) is 57.1 Å². The monoisotopic (exact) mass is 630 g/mol. The fourth-order valence-electron chi connectivity index (χ4n) is 5.82. The van der Waals surface area contributed by atoms with Gasteiger partial charge in [-0.05, 0) is 69.6 Å². The molecule has 3 aliphatic rings. The molecule has 0 radical (unpaired) electrons. The maximum Gasteiger partial charge on any atom is 0.423 e. The Bertz CT molecular complexity index is 1640. The summed E-state index contributed by atoms with van der Waals surface area (Å²) in [6, 6.07) is 7.75. The number of ether oxygens (including phenoxy) is 2. The molecule has 2 N–H and O–H groups in total. The summed E-state index contributed by atoms with van der Waals surface area (Å²) in [5, 5.41) is 5.92. The highest BCUT2D eigenvalue weighted by atomic mass is 35.5. The number of halogens is 4. The van der Waals surface area contributed by atoms with Crippen molar-refractivity contribution in [2.45, 2.75) is 43.4 Å². The predicted molar refractivity (Wildman–Crippen MR) is 156 cm³/mol. The summed E-state index contributed by atoms with van der Waals surface area (Å²) in [4.78, 5) is 37.8. The summed E-state index contributed by atoms with van der Waals surface area (Å²) >= 11 is 6.48. The van der Waals surface area contributed by atoms with Crippen LogP contribution < -0.4 is 20.1 Å². The van der Waals surface area contributed by atoms with E-state index in [1.807, 2.05) is 7.05 Å². The molecule has 1 saturated carbocycles. The number of carbonyl (C=O) groups is 2. The van der Waals surface area contributed by atoms with Gasteiger partial charge < -0.3 is 29.9 Å². The first-order chi connectivity index (χ1) is 20.9. The van der Waals surface area contributed by atoms with Crippen molar-refractivity contribution in [3.63, 3.8) is 0 Å².